The van der Waals surface area contributed by atoms with Crippen LogP contribution in [0.1, 0.15) is 25.7 Å². The van der Waals surface area contributed by atoms with E-state index in [1.54, 1.807) is 0 Å². The molecule has 0 radical (unpaired) electrons. The number of unbranched alkanes of at least 4 members (excludes halogenated alkanes) is 2. The van der Waals surface area contributed by atoms with Crippen LogP contribution in [0.15, 0.2) is 0 Å². The highest BCUT2D eigenvalue weighted by atomic mass is 32.1. The molecule has 1 amide bonds. The monoisotopic (exact) mass is 162 g/mol. The number of hydrazine groups is 1. The summed E-state index contributed by atoms with van der Waals surface area (Å²) in [7, 11) is 0. The van der Waals surface area contributed by atoms with Crippen LogP contribution < -0.4 is 11.3 Å². The summed E-state index contributed by atoms with van der Waals surface area (Å²) in [5, 5.41) is 0. The summed E-state index contributed by atoms with van der Waals surface area (Å²) in [4.78, 5) is 10.5. The Labute approximate surface area is 66.7 Å². The summed E-state index contributed by atoms with van der Waals surface area (Å²) in [5.74, 6) is 5.68. The lowest BCUT2D eigenvalue weighted by atomic mass is 10.2. The van der Waals surface area contributed by atoms with E-state index >= 15 is 0 Å². The molecule has 0 saturated heterocycles. The quantitative estimate of drug-likeness (QED) is 0.181. The molecule has 0 unspecified atom stereocenters. The Morgan fingerprint density at radius 2 is 2.10 bits per heavy atom. The first-order valence-corrected chi connectivity index (χ1v) is 4.05. The maximum Gasteiger partial charge on any atom is 0.233 e. The minimum Gasteiger partial charge on any atom is -0.294 e. The molecule has 3 nitrogen and oxygen atoms in total. The molecule has 0 aliphatic carbocycles. The Bertz CT molecular complexity index is 97.7. The molecular weight excluding hydrogens is 148 g/mol. The lowest BCUT2D eigenvalue weighted by molar-refractivity contribution is -0.121. The van der Waals surface area contributed by atoms with Gasteiger partial charge in [0.15, 0.2) is 0 Å². The van der Waals surface area contributed by atoms with Crippen molar-refractivity contribution in [2.24, 2.45) is 5.84 Å². The number of carbonyl (C=O) groups is 1. The van der Waals surface area contributed by atoms with Crippen LogP contribution in [0.2, 0.25) is 0 Å². The van der Waals surface area contributed by atoms with Gasteiger partial charge in [-0.1, -0.05) is 6.42 Å². The lowest BCUT2D eigenvalue weighted by Crippen LogP contribution is -2.29. The topological polar surface area (TPSA) is 55.1 Å². The normalized spacial score (nSPS) is 9.40. The van der Waals surface area contributed by atoms with Crippen LogP contribution >= 0.6 is 12.6 Å². The van der Waals surface area contributed by atoms with Gasteiger partial charge in [0.1, 0.15) is 0 Å². The molecule has 0 aromatic rings. The maximum atomic E-state index is 10.5. The van der Waals surface area contributed by atoms with Crippen molar-refractivity contribution in [2.45, 2.75) is 25.7 Å². The van der Waals surface area contributed by atoms with E-state index in [4.69, 9.17) is 5.84 Å². The van der Waals surface area contributed by atoms with Gasteiger partial charge in [-0.25, -0.2) is 5.84 Å². The van der Waals surface area contributed by atoms with Crippen LogP contribution in [0.5, 0.6) is 0 Å². The summed E-state index contributed by atoms with van der Waals surface area (Å²) in [6, 6.07) is 0. The molecule has 0 heterocycles. The fourth-order valence-corrected chi connectivity index (χ4v) is 0.870. The molecule has 0 bridgehead atoms. The fraction of sp³-hybridized carbons (Fsp3) is 0.833. The third-order valence-electron chi connectivity index (χ3n) is 1.22. The second-order valence-corrected chi connectivity index (χ2v) is 2.55. The molecule has 10 heavy (non-hydrogen) atoms. The molecular formula is C6H14N2OS. The van der Waals surface area contributed by atoms with Gasteiger partial charge >= 0.3 is 0 Å². The smallest absolute Gasteiger partial charge is 0.233 e. The van der Waals surface area contributed by atoms with Gasteiger partial charge in [0.25, 0.3) is 0 Å². The number of carbonyl (C=O) groups excluding carboxylic acids is 1. The van der Waals surface area contributed by atoms with E-state index in [1.165, 1.54) is 0 Å². The first-order chi connectivity index (χ1) is 4.81. The maximum absolute atomic E-state index is 10.5. The standard InChI is InChI=1S/C6H14N2OS/c7-8-6(9)4-2-1-3-5-10/h10H,1-5,7H2,(H,8,9). The van der Waals surface area contributed by atoms with Crippen molar-refractivity contribution < 1.29 is 4.79 Å². The van der Waals surface area contributed by atoms with E-state index < -0.39 is 0 Å². The van der Waals surface area contributed by atoms with Crippen molar-refractivity contribution in [1.29, 1.82) is 0 Å². The zero-order chi connectivity index (χ0) is 7.82. The number of nitrogens with one attached hydrogen (secondary N) is 1. The molecule has 0 aromatic heterocycles. The van der Waals surface area contributed by atoms with Crippen molar-refractivity contribution in [3.8, 4) is 0 Å². The van der Waals surface area contributed by atoms with E-state index in [9.17, 15) is 4.79 Å². The molecule has 0 spiro atoms. The minimum atomic E-state index is -0.0841. The van der Waals surface area contributed by atoms with Gasteiger partial charge in [-0.05, 0) is 18.6 Å². The van der Waals surface area contributed by atoms with Gasteiger partial charge < -0.3 is 0 Å². The molecule has 3 N–H and O–H groups in total. The number of nitrogens with two attached hydrogens (primary N) is 1. The Balaban J connectivity index is 2.96. The molecule has 0 aliphatic rings. The van der Waals surface area contributed by atoms with Crippen molar-refractivity contribution >= 4 is 18.5 Å². The Morgan fingerprint density at radius 3 is 2.60 bits per heavy atom. The van der Waals surface area contributed by atoms with Crippen LogP contribution in [-0.4, -0.2) is 11.7 Å². The SMILES string of the molecule is NNC(=O)CCCCCS. The fourth-order valence-electron chi connectivity index (χ4n) is 0.646. The van der Waals surface area contributed by atoms with E-state index in [0.717, 1.165) is 25.0 Å². The predicted molar refractivity (Wildman–Crippen MR) is 44.7 cm³/mol. The number of rotatable bonds is 5. The summed E-state index contributed by atoms with van der Waals surface area (Å²) in [6.45, 7) is 0. The van der Waals surface area contributed by atoms with E-state index in [2.05, 4.69) is 18.1 Å². The van der Waals surface area contributed by atoms with Gasteiger partial charge in [0.2, 0.25) is 5.91 Å². The van der Waals surface area contributed by atoms with Crippen LogP contribution in [0.3, 0.4) is 0 Å². The molecule has 0 rings (SSSR count). The van der Waals surface area contributed by atoms with Crippen LogP contribution in [0.4, 0.5) is 0 Å². The molecule has 0 atom stereocenters. The zero-order valence-corrected chi connectivity index (χ0v) is 6.86. The van der Waals surface area contributed by atoms with Gasteiger partial charge in [-0.3, -0.25) is 10.2 Å². The number of amides is 1. The van der Waals surface area contributed by atoms with Gasteiger partial charge in [0.05, 0.1) is 0 Å². The lowest BCUT2D eigenvalue weighted by Gasteiger charge is -1.97. The largest absolute Gasteiger partial charge is 0.294 e. The van der Waals surface area contributed by atoms with Crippen LogP contribution in [-0.2, 0) is 4.79 Å². The van der Waals surface area contributed by atoms with E-state index in [1.807, 2.05) is 0 Å². The minimum absolute atomic E-state index is 0.0841. The van der Waals surface area contributed by atoms with Gasteiger partial charge in [-0.2, -0.15) is 12.6 Å². The first-order valence-electron chi connectivity index (χ1n) is 3.41. The third-order valence-corrected chi connectivity index (χ3v) is 1.54. The first kappa shape index (κ1) is 9.78. The summed E-state index contributed by atoms with van der Waals surface area (Å²) < 4.78 is 0. The second-order valence-electron chi connectivity index (χ2n) is 2.10. The summed E-state index contributed by atoms with van der Waals surface area (Å²) in [6.07, 6.45) is 3.56. The van der Waals surface area contributed by atoms with Gasteiger partial charge in [0, 0.05) is 6.42 Å². The van der Waals surface area contributed by atoms with Crippen LogP contribution in [0.25, 0.3) is 0 Å². The summed E-state index contributed by atoms with van der Waals surface area (Å²) >= 11 is 4.04. The average Bonchev–Trinajstić information content (AvgIpc) is 1.98. The van der Waals surface area contributed by atoms with Crippen molar-refractivity contribution in [2.75, 3.05) is 5.75 Å². The Hall–Kier alpha value is -0.220. The van der Waals surface area contributed by atoms with E-state index in [0.29, 0.717) is 6.42 Å². The van der Waals surface area contributed by atoms with Gasteiger partial charge in [-0.15, -0.1) is 0 Å². The Kier molecular flexibility index (Phi) is 6.74. The van der Waals surface area contributed by atoms with Crippen molar-refractivity contribution in [3.63, 3.8) is 0 Å². The highest BCUT2D eigenvalue weighted by Crippen LogP contribution is 1.99. The number of thiol groups is 1. The number of hydrogen-bond donors (Lipinski definition) is 3. The average molecular weight is 162 g/mol. The molecule has 0 saturated carbocycles. The Morgan fingerprint density at radius 1 is 1.40 bits per heavy atom. The molecule has 0 aromatic carbocycles. The molecule has 0 aliphatic heterocycles. The molecule has 60 valence electrons. The van der Waals surface area contributed by atoms with Crippen molar-refractivity contribution in [3.05, 3.63) is 0 Å². The summed E-state index contributed by atoms with van der Waals surface area (Å²) in [5.41, 5.74) is 2.08. The van der Waals surface area contributed by atoms with Crippen molar-refractivity contribution in [1.82, 2.24) is 5.43 Å². The number of hydrogen-bond acceptors (Lipinski definition) is 3. The van der Waals surface area contributed by atoms with E-state index in [-0.39, 0.29) is 5.91 Å². The second kappa shape index (κ2) is 6.89. The highest BCUT2D eigenvalue weighted by Gasteiger charge is 1.95. The predicted octanol–water partition coefficient (Wildman–Crippen LogP) is 0.466. The van der Waals surface area contributed by atoms with Crippen LogP contribution in [0, 0.1) is 0 Å². The molecule has 4 heteroatoms. The third kappa shape index (κ3) is 5.91. The highest BCUT2D eigenvalue weighted by molar-refractivity contribution is 7.80. The zero-order valence-electron chi connectivity index (χ0n) is 5.97. The molecule has 0 fully saturated rings.